The van der Waals surface area contributed by atoms with Gasteiger partial charge in [0.05, 0.1) is 5.60 Å². The molecule has 0 unspecified atom stereocenters. The third-order valence-corrected chi connectivity index (χ3v) is 4.43. The van der Waals surface area contributed by atoms with Gasteiger partial charge in [0, 0.05) is 23.4 Å². The van der Waals surface area contributed by atoms with Crippen molar-refractivity contribution in [3.05, 3.63) is 29.1 Å². The van der Waals surface area contributed by atoms with Gasteiger partial charge in [-0.1, -0.05) is 6.92 Å². The number of rotatable bonds is 3. The lowest BCUT2D eigenvalue weighted by Gasteiger charge is -2.34. The first-order valence-electron chi connectivity index (χ1n) is 7.37. The summed E-state index contributed by atoms with van der Waals surface area (Å²) >= 11 is 0. The van der Waals surface area contributed by atoms with Crippen molar-refractivity contribution in [2.24, 2.45) is 5.92 Å². The summed E-state index contributed by atoms with van der Waals surface area (Å²) in [6.45, 7) is 3.92. The monoisotopic (exact) mass is 294 g/mol. The van der Waals surface area contributed by atoms with Crippen molar-refractivity contribution in [1.29, 1.82) is 0 Å². The van der Waals surface area contributed by atoms with Crippen molar-refractivity contribution >= 4 is 11.6 Å². The summed E-state index contributed by atoms with van der Waals surface area (Å²) in [5.74, 6) is -0.287. The molecule has 1 aliphatic carbocycles. The number of aliphatic hydroxyl groups is 1. The zero-order valence-electron chi connectivity index (χ0n) is 12.6. The molecule has 5 heteroatoms. The second-order valence-corrected chi connectivity index (χ2v) is 6.26. The molecule has 0 atom stereocenters. The summed E-state index contributed by atoms with van der Waals surface area (Å²) in [6, 6.07) is 2.63. The van der Waals surface area contributed by atoms with E-state index in [2.05, 4.69) is 12.2 Å². The van der Waals surface area contributed by atoms with Crippen molar-refractivity contribution in [2.75, 3.05) is 12.3 Å². The number of carbonyl (C=O) groups is 1. The van der Waals surface area contributed by atoms with Crippen LogP contribution in [0.15, 0.2) is 12.1 Å². The predicted octanol–water partition coefficient (Wildman–Crippen LogP) is 2.39. The standard InChI is InChI=1S/C16H23FN2O2/c1-10-3-5-16(21,6-4-10)9-19-15(20)12-7-13(17)11(2)14(18)8-12/h7-8,10,21H,3-6,9,18H2,1-2H3,(H,19,20). The maximum absolute atomic E-state index is 13.6. The van der Waals surface area contributed by atoms with Crippen molar-refractivity contribution < 1.29 is 14.3 Å². The lowest BCUT2D eigenvalue weighted by molar-refractivity contribution is -0.00540. The van der Waals surface area contributed by atoms with E-state index < -0.39 is 17.3 Å². The quantitative estimate of drug-likeness (QED) is 0.749. The van der Waals surface area contributed by atoms with Crippen LogP contribution in [0.5, 0.6) is 0 Å². The van der Waals surface area contributed by atoms with Crippen LogP contribution in [0.2, 0.25) is 0 Å². The van der Waals surface area contributed by atoms with Crippen LogP contribution in [-0.4, -0.2) is 23.2 Å². The summed E-state index contributed by atoms with van der Waals surface area (Å²) in [5.41, 5.74) is 5.60. The summed E-state index contributed by atoms with van der Waals surface area (Å²) in [7, 11) is 0. The Labute approximate surface area is 124 Å². The van der Waals surface area contributed by atoms with E-state index in [4.69, 9.17) is 5.73 Å². The van der Waals surface area contributed by atoms with Gasteiger partial charge in [0.25, 0.3) is 5.91 Å². The summed E-state index contributed by atoms with van der Waals surface area (Å²) < 4.78 is 13.6. The molecule has 0 bridgehead atoms. The van der Waals surface area contributed by atoms with Crippen LogP contribution < -0.4 is 11.1 Å². The highest BCUT2D eigenvalue weighted by Gasteiger charge is 2.32. The van der Waals surface area contributed by atoms with Crippen LogP contribution in [0.4, 0.5) is 10.1 Å². The third-order valence-electron chi connectivity index (χ3n) is 4.43. The van der Waals surface area contributed by atoms with Gasteiger partial charge in [-0.05, 0) is 50.7 Å². The highest BCUT2D eigenvalue weighted by molar-refractivity contribution is 5.95. The van der Waals surface area contributed by atoms with E-state index >= 15 is 0 Å². The molecule has 1 saturated carbocycles. The molecule has 4 N–H and O–H groups in total. The molecule has 2 rings (SSSR count). The van der Waals surface area contributed by atoms with Crippen molar-refractivity contribution in [3.8, 4) is 0 Å². The lowest BCUT2D eigenvalue weighted by Crippen LogP contribution is -2.45. The first-order valence-corrected chi connectivity index (χ1v) is 7.37. The van der Waals surface area contributed by atoms with E-state index in [1.807, 2.05) is 0 Å². The Morgan fingerprint density at radius 1 is 1.48 bits per heavy atom. The topological polar surface area (TPSA) is 75.4 Å². The second-order valence-electron chi connectivity index (χ2n) is 6.26. The maximum Gasteiger partial charge on any atom is 0.251 e. The molecule has 0 heterocycles. The Kier molecular flexibility index (Phi) is 4.52. The Morgan fingerprint density at radius 3 is 2.67 bits per heavy atom. The molecular weight excluding hydrogens is 271 g/mol. The smallest absolute Gasteiger partial charge is 0.251 e. The van der Waals surface area contributed by atoms with Gasteiger partial charge in [0.2, 0.25) is 0 Å². The Hall–Kier alpha value is -1.62. The molecular formula is C16H23FN2O2. The molecule has 1 fully saturated rings. The van der Waals surface area contributed by atoms with Gasteiger partial charge in [-0.15, -0.1) is 0 Å². The van der Waals surface area contributed by atoms with Crippen LogP contribution in [0.1, 0.15) is 48.5 Å². The fourth-order valence-corrected chi connectivity index (χ4v) is 2.65. The first kappa shape index (κ1) is 15.8. The number of anilines is 1. The van der Waals surface area contributed by atoms with Gasteiger partial charge in [0.15, 0.2) is 0 Å². The second kappa shape index (κ2) is 6.02. The molecule has 0 spiro atoms. The van der Waals surface area contributed by atoms with Crippen LogP contribution in [0.3, 0.4) is 0 Å². The van der Waals surface area contributed by atoms with E-state index in [9.17, 15) is 14.3 Å². The molecule has 21 heavy (non-hydrogen) atoms. The first-order chi connectivity index (χ1) is 9.81. The molecule has 1 amide bonds. The lowest BCUT2D eigenvalue weighted by atomic mass is 9.79. The molecule has 1 aromatic carbocycles. The molecule has 1 aliphatic rings. The average molecular weight is 294 g/mol. The fraction of sp³-hybridized carbons (Fsp3) is 0.562. The fourth-order valence-electron chi connectivity index (χ4n) is 2.65. The molecule has 116 valence electrons. The SMILES string of the molecule is Cc1c(N)cc(C(=O)NCC2(O)CCC(C)CC2)cc1F. The number of nitrogen functional groups attached to an aromatic ring is 1. The number of hydrogen-bond acceptors (Lipinski definition) is 3. The molecule has 0 aromatic heterocycles. The number of nitrogens with two attached hydrogens (primary N) is 1. The summed E-state index contributed by atoms with van der Waals surface area (Å²) in [6.07, 6.45) is 3.27. The van der Waals surface area contributed by atoms with E-state index in [0.29, 0.717) is 24.3 Å². The van der Waals surface area contributed by atoms with E-state index in [1.165, 1.54) is 12.1 Å². The van der Waals surface area contributed by atoms with Crippen molar-refractivity contribution in [3.63, 3.8) is 0 Å². The molecule has 0 saturated heterocycles. The van der Waals surface area contributed by atoms with Crippen LogP contribution >= 0.6 is 0 Å². The minimum absolute atomic E-state index is 0.184. The summed E-state index contributed by atoms with van der Waals surface area (Å²) in [4.78, 5) is 12.1. The largest absolute Gasteiger partial charge is 0.398 e. The molecule has 0 radical (unpaired) electrons. The van der Waals surface area contributed by atoms with Crippen molar-refractivity contribution in [1.82, 2.24) is 5.32 Å². The zero-order chi connectivity index (χ0) is 15.6. The van der Waals surface area contributed by atoms with Crippen LogP contribution in [-0.2, 0) is 0 Å². The van der Waals surface area contributed by atoms with Crippen molar-refractivity contribution in [2.45, 2.75) is 45.1 Å². The number of carbonyl (C=O) groups excluding carboxylic acids is 1. The predicted molar refractivity (Wildman–Crippen MR) is 80.5 cm³/mol. The molecule has 4 nitrogen and oxygen atoms in total. The van der Waals surface area contributed by atoms with Crippen LogP contribution in [0.25, 0.3) is 0 Å². The average Bonchev–Trinajstić information content (AvgIpc) is 2.45. The Morgan fingerprint density at radius 2 is 2.10 bits per heavy atom. The Bertz CT molecular complexity index is 514. The Balaban J connectivity index is 1.99. The minimum Gasteiger partial charge on any atom is -0.398 e. The minimum atomic E-state index is -0.850. The molecule has 1 aromatic rings. The van der Waals surface area contributed by atoms with Crippen LogP contribution in [0, 0.1) is 18.7 Å². The van der Waals surface area contributed by atoms with Gasteiger partial charge in [-0.3, -0.25) is 4.79 Å². The molecule has 0 aliphatic heterocycles. The third kappa shape index (κ3) is 3.73. The zero-order valence-corrected chi connectivity index (χ0v) is 12.6. The van der Waals surface area contributed by atoms with E-state index in [0.717, 1.165) is 12.8 Å². The van der Waals surface area contributed by atoms with E-state index in [1.54, 1.807) is 6.92 Å². The number of halogens is 1. The maximum atomic E-state index is 13.6. The highest BCUT2D eigenvalue weighted by Crippen LogP contribution is 2.31. The van der Waals surface area contributed by atoms with Gasteiger partial charge >= 0.3 is 0 Å². The number of benzene rings is 1. The number of nitrogens with one attached hydrogen (secondary N) is 1. The van der Waals surface area contributed by atoms with Gasteiger partial charge in [-0.2, -0.15) is 0 Å². The van der Waals surface area contributed by atoms with Gasteiger partial charge in [-0.25, -0.2) is 4.39 Å². The van der Waals surface area contributed by atoms with Gasteiger partial charge < -0.3 is 16.2 Å². The summed E-state index contributed by atoms with van der Waals surface area (Å²) in [5, 5.41) is 13.1. The number of amides is 1. The number of hydrogen-bond donors (Lipinski definition) is 3. The highest BCUT2D eigenvalue weighted by atomic mass is 19.1. The van der Waals surface area contributed by atoms with E-state index in [-0.39, 0.29) is 17.8 Å². The van der Waals surface area contributed by atoms with Gasteiger partial charge in [0.1, 0.15) is 5.82 Å². The normalized spacial score (nSPS) is 25.6.